The zero-order chi connectivity index (χ0) is 32.8. The van der Waals surface area contributed by atoms with Gasteiger partial charge in [0.15, 0.2) is 5.78 Å². The minimum Gasteiger partial charge on any atom is -0.372 e. The van der Waals surface area contributed by atoms with E-state index in [-0.39, 0.29) is 23.9 Å². The SMILES string of the molecule is C=CC(=O)NC(CC)CCC.CC.CC.CC(=O)c1cc(F)c(C)nc1C.Cc1ccc(N2CC(C)OC(C)C2)nc1. The maximum absolute atomic E-state index is 12.9. The number of hydrogen-bond acceptors (Lipinski definition) is 6. The zero-order valence-electron chi connectivity index (χ0n) is 28.3. The Morgan fingerprint density at radius 1 is 1.10 bits per heavy atom. The predicted octanol–water partition coefficient (Wildman–Crippen LogP) is 7.96. The molecular formula is C34H57FN4O3. The largest absolute Gasteiger partial charge is 0.372 e. The van der Waals surface area contributed by atoms with Crippen molar-refractivity contribution in [3.05, 3.63) is 65.4 Å². The summed E-state index contributed by atoms with van der Waals surface area (Å²) in [5.41, 5.74) is 2.48. The maximum atomic E-state index is 12.9. The van der Waals surface area contributed by atoms with Crippen molar-refractivity contribution in [3.63, 3.8) is 0 Å². The van der Waals surface area contributed by atoms with E-state index in [9.17, 15) is 14.0 Å². The highest BCUT2D eigenvalue weighted by Crippen LogP contribution is 2.18. The van der Waals surface area contributed by atoms with Crippen LogP contribution in [0, 0.1) is 26.6 Å². The Balaban J connectivity index is 0. The lowest BCUT2D eigenvalue weighted by molar-refractivity contribution is -0.117. The van der Waals surface area contributed by atoms with Crippen LogP contribution in [-0.2, 0) is 9.53 Å². The van der Waals surface area contributed by atoms with Crippen molar-refractivity contribution in [2.45, 2.75) is 121 Å². The van der Waals surface area contributed by atoms with Crippen molar-refractivity contribution >= 4 is 17.5 Å². The molecule has 1 saturated heterocycles. The Labute approximate surface area is 255 Å². The van der Waals surface area contributed by atoms with Crippen LogP contribution in [0.5, 0.6) is 0 Å². The van der Waals surface area contributed by atoms with Gasteiger partial charge in [-0.15, -0.1) is 0 Å². The van der Waals surface area contributed by atoms with Crippen molar-refractivity contribution in [2.24, 2.45) is 0 Å². The molecule has 0 aromatic carbocycles. The standard InChI is InChI=1S/C12H18N2O.C9H10FNO.C9H17NO.2C2H6/c1-9-4-5-12(13-6-9)14-7-10(2)15-11(3)8-14;1-5-8(7(3)12)4-9(10)6(2)11-5;1-4-7-8(5-2)10-9(11)6-3;2*1-2/h4-6,10-11H,7-8H2,1-3H3;4H,1-3H3;6,8H,3-5,7H2,1-2H3,(H,10,11);2*1-2H3. The lowest BCUT2D eigenvalue weighted by Gasteiger charge is -2.36. The number of nitrogens with one attached hydrogen (secondary N) is 1. The number of amides is 1. The van der Waals surface area contributed by atoms with Gasteiger partial charge in [0.1, 0.15) is 11.6 Å². The molecule has 3 heterocycles. The third-order valence-electron chi connectivity index (χ3n) is 6.02. The molecular weight excluding hydrogens is 531 g/mol. The van der Waals surface area contributed by atoms with E-state index in [2.05, 4.69) is 73.5 Å². The fourth-order valence-electron chi connectivity index (χ4n) is 4.06. The quantitative estimate of drug-likeness (QED) is 0.261. The summed E-state index contributed by atoms with van der Waals surface area (Å²) < 4.78 is 18.6. The van der Waals surface area contributed by atoms with Gasteiger partial charge in [-0.25, -0.2) is 9.37 Å². The maximum Gasteiger partial charge on any atom is 0.243 e. The van der Waals surface area contributed by atoms with Crippen molar-refractivity contribution < 1.29 is 18.7 Å². The van der Waals surface area contributed by atoms with Crippen LogP contribution >= 0.6 is 0 Å². The number of aryl methyl sites for hydroxylation is 3. The molecule has 1 N–H and O–H groups in total. The topological polar surface area (TPSA) is 84.4 Å². The predicted molar refractivity (Wildman–Crippen MR) is 175 cm³/mol. The highest BCUT2D eigenvalue weighted by atomic mass is 19.1. The Kier molecular flexibility index (Phi) is 22.9. The van der Waals surface area contributed by atoms with E-state index >= 15 is 0 Å². The lowest BCUT2D eigenvalue weighted by atomic mass is 10.1. The number of ether oxygens (including phenoxy) is 1. The summed E-state index contributed by atoms with van der Waals surface area (Å²) in [7, 11) is 0. The van der Waals surface area contributed by atoms with Gasteiger partial charge in [0.25, 0.3) is 0 Å². The molecule has 2 aromatic rings. The highest BCUT2D eigenvalue weighted by molar-refractivity contribution is 5.95. The van der Waals surface area contributed by atoms with Crippen LogP contribution in [0.3, 0.4) is 0 Å². The van der Waals surface area contributed by atoms with Crippen LogP contribution in [0.1, 0.15) is 109 Å². The number of carbonyl (C=O) groups is 2. The van der Waals surface area contributed by atoms with Crippen molar-refractivity contribution in [2.75, 3.05) is 18.0 Å². The van der Waals surface area contributed by atoms with E-state index in [4.69, 9.17) is 4.74 Å². The number of ketones is 1. The summed E-state index contributed by atoms with van der Waals surface area (Å²) in [6.07, 6.45) is 6.96. The Hall–Kier alpha value is -3.13. The van der Waals surface area contributed by atoms with Crippen molar-refractivity contribution in [3.8, 4) is 0 Å². The first kappa shape index (κ1) is 41.0. The van der Waals surface area contributed by atoms with Gasteiger partial charge < -0.3 is 15.0 Å². The number of pyridine rings is 2. The molecule has 0 saturated carbocycles. The van der Waals surface area contributed by atoms with Gasteiger partial charge in [-0.2, -0.15) is 0 Å². The van der Waals surface area contributed by atoms with E-state index in [0.29, 0.717) is 23.0 Å². The fourth-order valence-corrected chi connectivity index (χ4v) is 4.06. The lowest BCUT2D eigenvalue weighted by Crippen LogP contribution is -2.45. The number of morpholine rings is 1. The molecule has 7 nitrogen and oxygen atoms in total. The number of carbonyl (C=O) groups excluding carboxylic acids is 2. The average Bonchev–Trinajstić information content (AvgIpc) is 2.97. The number of anilines is 1. The fraction of sp³-hybridized carbons (Fsp3) is 0.588. The zero-order valence-corrected chi connectivity index (χ0v) is 28.3. The van der Waals surface area contributed by atoms with Crippen LogP contribution in [-0.4, -0.2) is 53.0 Å². The van der Waals surface area contributed by atoms with Gasteiger partial charge in [-0.05, 0) is 78.2 Å². The van der Waals surface area contributed by atoms with E-state index in [0.717, 1.165) is 38.2 Å². The minimum atomic E-state index is -0.425. The Morgan fingerprint density at radius 3 is 2.10 bits per heavy atom. The molecule has 1 aliphatic rings. The third-order valence-corrected chi connectivity index (χ3v) is 6.02. The summed E-state index contributed by atoms with van der Waals surface area (Å²) in [5, 5.41) is 2.86. The number of hydrogen-bond donors (Lipinski definition) is 1. The summed E-state index contributed by atoms with van der Waals surface area (Å²) >= 11 is 0. The molecule has 238 valence electrons. The number of halogens is 1. The van der Waals surface area contributed by atoms with Gasteiger partial charge in [-0.3, -0.25) is 14.6 Å². The van der Waals surface area contributed by atoms with Gasteiger partial charge in [0.05, 0.1) is 17.9 Å². The summed E-state index contributed by atoms with van der Waals surface area (Å²) in [4.78, 5) is 32.4. The van der Waals surface area contributed by atoms with E-state index in [1.165, 1.54) is 24.6 Å². The minimum absolute atomic E-state index is 0.0645. The molecule has 1 amide bonds. The van der Waals surface area contributed by atoms with Crippen molar-refractivity contribution in [1.82, 2.24) is 15.3 Å². The first-order valence-corrected chi connectivity index (χ1v) is 15.3. The van der Waals surface area contributed by atoms with Gasteiger partial charge in [0, 0.05) is 36.6 Å². The van der Waals surface area contributed by atoms with Crippen LogP contribution in [0.4, 0.5) is 10.2 Å². The average molecular weight is 589 g/mol. The Morgan fingerprint density at radius 2 is 1.67 bits per heavy atom. The molecule has 3 rings (SSSR count). The number of nitrogens with zero attached hydrogens (tertiary/aromatic N) is 3. The molecule has 0 spiro atoms. The molecule has 1 fully saturated rings. The summed E-state index contributed by atoms with van der Waals surface area (Å²) in [6, 6.07) is 5.75. The van der Waals surface area contributed by atoms with Crippen LogP contribution in [0.15, 0.2) is 37.1 Å². The first-order valence-electron chi connectivity index (χ1n) is 15.3. The van der Waals surface area contributed by atoms with E-state index in [1.807, 2.05) is 33.9 Å². The summed E-state index contributed by atoms with van der Waals surface area (Å²) in [6.45, 7) is 28.4. The van der Waals surface area contributed by atoms with Crippen molar-refractivity contribution in [1.29, 1.82) is 0 Å². The summed E-state index contributed by atoms with van der Waals surface area (Å²) in [5.74, 6) is 0.414. The molecule has 8 heteroatoms. The molecule has 2 aromatic heterocycles. The van der Waals surface area contributed by atoms with E-state index in [1.54, 1.807) is 13.8 Å². The van der Waals surface area contributed by atoms with E-state index < -0.39 is 5.82 Å². The molecule has 3 unspecified atom stereocenters. The second-order valence-electron chi connectivity index (χ2n) is 9.71. The monoisotopic (exact) mass is 588 g/mol. The smallest absolute Gasteiger partial charge is 0.243 e. The Bertz CT molecular complexity index is 1030. The van der Waals surface area contributed by atoms with Crippen LogP contribution in [0.2, 0.25) is 0 Å². The normalized spacial score (nSPS) is 15.9. The molecule has 0 bridgehead atoms. The second-order valence-corrected chi connectivity index (χ2v) is 9.71. The molecule has 1 aliphatic heterocycles. The van der Waals surface area contributed by atoms with Gasteiger partial charge >= 0.3 is 0 Å². The molecule has 0 aliphatic carbocycles. The molecule has 0 radical (unpaired) electrons. The molecule has 3 atom stereocenters. The molecule has 42 heavy (non-hydrogen) atoms. The second kappa shape index (κ2) is 23.4. The number of Topliss-reactive ketones (excluding diaryl/α,β-unsaturated/α-hetero) is 1. The van der Waals surface area contributed by atoms with Gasteiger partial charge in [0.2, 0.25) is 5.91 Å². The number of aromatic nitrogens is 2. The van der Waals surface area contributed by atoms with Crippen LogP contribution < -0.4 is 10.2 Å². The third kappa shape index (κ3) is 16.3. The van der Waals surface area contributed by atoms with Gasteiger partial charge in [-0.1, -0.05) is 60.6 Å². The first-order chi connectivity index (χ1) is 19.9. The number of rotatable bonds is 7. The highest BCUT2D eigenvalue weighted by Gasteiger charge is 2.22. The van der Waals surface area contributed by atoms with Crippen LogP contribution in [0.25, 0.3) is 0 Å².